The van der Waals surface area contributed by atoms with Gasteiger partial charge in [-0.15, -0.1) is 11.3 Å². The number of rotatable bonds is 2. The van der Waals surface area contributed by atoms with Crippen LogP contribution in [0.15, 0.2) is 66.7 Å². The molecule has 8 atom stereocenters. The van der Waals surface area contributed by atoms with E-state index in [0.29, 0.717) is 0 Å². The first-order valence-corrected chi connectivity index (χ1v) is 19.2. The summed E-state index contributed by atoms with van der Waals surface area (Å²) in [5.74, 6) is 11.3. The zero-order valence-corrected chi connectivity index (χ0v) is 26.6. The van der Waals surface area contributed by atoms with E-state index in [0.717, 1.165) is 65.1 Å². The SMILES string of the molecule is c1ccc(-c2cccc3c2sc2c(C4CC5C6CCCCC6C6CCCC7C8CCCCC8C(C4)C5C67)cccc23)cc1. The van der Waals surface area contributed by atoms with Crippen LogP contribution < -0.4 is 0 Å². The minimum Gasteiger partial charge on any atom is -0.134 e. The van der Waals surface area contributed by atoms with Crippen LogP contribution in [-0.2, 0) is 0 Å². The lowest BCUT2D eigenvalue weighted by molar-refractivity contribution is -0.189. The molecule has 0 aliphatic heterocycles. The van der Waals surface area contributed by atoms with Crippen molar-refractivity contribution in [2.75, 3.05) is 0 Å². The maximum Gasteiger partial charge on any atom is 0.0433 e. The third kappa shape index (κ3) is 3.85. The molecule has 6 aliphatic rings. The number of hydrogen-bond acceptors (Lipinski definition) is 1. The van der Waals surface area contributed by atoms with E-state index in [4.69, 9.17) is 0 Å². The third-order valence-electron chi connectivity index (χ3n) is 14.6. The summed E-state index contributed by atoms with van der Waals surface area (Å²) in [4.78, 5) is 0. The van der Waals surface area contributed by atoms with Gasteiger partial charge in [-0.3, -0.25) is 0 Å². The van der Waals surface area contributed by atoms with Crippen LogP contribution in [-0.4, -0.2) is 0 Å². The maximum atomic E-state index is 2.58. The fourth-order valence-corrected chi connectivity index (χ4v) is 14.9. The van der Waals surface area contributed by atoms with Gasteiger partial charge in [-0.1, -0.05) is 98.8 Å². The summed E-state index contributed by atoms with van der Waals surface area (Å²) >= 11 is 2.12. The quantitative estimate of drug-likeness (QED) is 0.220. The predicted octanol–water partition coefficient (Wildman–Crippen LogP) is 12.1. The van der Waals surface area contributed by atoms with Crippen LogP contribution in [0.4, 0.5) is 0 Å². The predicted molar refractivity (Wildman–Crippen MR) is 182 cm³/mol. The van der Waals surface area contributed by atoms with Gasteiger partial charge in [-0.2, -0.15) is 0 Å². The van der Waals surface area contributed by atoms with Gasteiger partial charge in [0, 0.05) is 20.2 Å². The second-order valence-corrected chi connectivity index (χ2v) is 17.0. The normalized spacial score (nSPS) is 40.0. The molecule has 0 spiro atoms. The van der Waals surface area contributed by atoms with Crippen molar-refractivity contribution in [1.82, 2.24) is 0 Å². The largest absolute Gasteiger partial charge is 0.134 e. The zero-order chi connectivity index (χ0) is 28.1. The molecule has 1 heteroatoms. The van der Waals surface area contributed by atoms with Gasteiger partial charge in [0.05, 0.1) is 0 Å². The average Bonchev–Trinajstić information content (AvgIpc) is 3.47. The standard InChI is InChI=1S/C42H48S/c1-2-11-25(12-3-1)27-17-8-21-35-36-22-9-18-28(42(36)43-41(27)35)26-23-37-31-15-6-4-13-29(31)33-19-10-20-34-30-14-5-7-16-32(30)38(24-26)40(37)39(33)34/h1-3,8-9,11-12,17-18,21-22,26,29-34,37-40H,4-7,10,13-16,19-20,23-24H2. The molecule has 222 valence electrons. The number of thiophene rings is 1. The molecule has 4 aromatic rings. The van der Waals surface area contributed by atoms with Crippen molar-refractivity contribution in [1.29, 1.82) is 0 Å². The summed E-state index contributed by atoms with van der Waals surface area (Å²) in [5.41, 5.74) is 4.50. The van der Waals surface area contributed by atoms with Gasteiger partial charge in [0.15, 0.2) is 0 Å². The Kier molecular flexibility index (Phi) is 6.20. The summed E-state index contributed by atoms with van der Waals surface area (Å²) in [7, 11) is 0. The summed E-state index contributed by atoms with van der Waals surface area (Å²) in [6, 6.07) is 25.6. The van der Waals surface area contributed by atoms with Crippen molar-refractivity contribution in [3.05, 3.63) is 72.3 Å². The number of hydrogen-bond donors (Lipinski definition) is 0. The minimum absolute atomic E-state index is 0.755. The van der Waals surface area contributed by atoms with E-state index >= 15 is 0 Å². The van der Waals surface area contributed by atoms with Crippen molar-refractivity contribution < 1.29 is 0 Å². The molecular weight excluding hydrogens is 537 g/mol. The van der Waals surface area contributed by atoms with Crippen LogP contribution in [0.25, 0.3) is 31.3 Å². The molecule has 8 unspecified atom stereocenters. The van der Waals surface area contributed by atoms with E-state index < -0.39 is 0 Å². The molecule has 1 heterocycles. The first-order chi connectivity index (χ1) is 21.3. The molecule has 10 rings (SSSR count). The lowest BCUT2D eigenvalue weighted by Crippen LogP contribution is -2.61. The lowest BCUT2D eigenvalue weighted by atomic mass is 9.37. The smallest absolute Gasteiger partial charge is 0.0433 e. The molecule has 43 heavy (non-hydrogen) atoms. The van der Waals surface area contributed by atoms with Crippen LogP contribution in [0.3, 0.4) is 0 Å². The Morgan fingerprint density at radius 1 is 0.442 bits per heavy atom. The highest BCUT2D eigenvalue weighted by Gasteiger charge is 2.63. The summed E-state index contributed by atoms with van der Waals surface area (Å²) in [6.45, 7) is 0. The molecule has 6 fully saturated rings. The fourth-order valence-electron chi connectivity index (χ4n) is 13.5. The Morgan fingerprint density at radius 3 is 1.63 bits per heavy atom. The van der Waals surface area contributed by atoms with E-state index in [9.17, 15) is 0 Å². The first kappa shape index (κ1) is 26.1. The monoisotopic (exact) mass is 584 g/mol. The van der Waals surface area contributed by atoms with Gasteiger partial charge in [-0.25, -0.2) is 0 Å². The summed E-state index contributed by atoms with van der Waals surface area (Å²) in [5, 5.41) is 2.99. The van der Waals surface area contributed by atoms with Crippen LogP contribution in [0.1, 0.15) is 95.0 Å². The van der Waals surface area contributed by atoms with Crippen LogP contribution in [0.2, 0.25) is 0 Å². The Bertz CT molecular complexity index is 1600. The van der Waals surface area contributed by atoms with Crippen LogP contribution in [0, 0.1) is 59.2 Å². The second kappa shape index (κ2) is 10.2. The summed E-state index contributed by atoms with van der Waals surface area (Å²) in [6.07, 6.45) is 20.0. The van der Waals surface area contributed by atoms with Gasteiger partial charge in [-0.05, 0) is 133 Å². The number of fused-ring (bicyclic) bond motifs is 9. The van der Waals surface area contributed by atoms with E-state index in [1.165, 1.54) is 65.1 Å². The molecule has 0 saturated heterocycles. The highest BCUT2D eigenvalue weighted by Crippen LogP contribution is 2.70. The Balaban J connectivity index is 1.11. The maximum absolute atomic E-state index is 2.58. The Labute approximate surface area is 262 Å². The molecule has 6 aliphatic carbocycles. The minimum atomic E-state index is 0.755. The van der Waals surface area contributed by atoms with Gasteiger partial charge >= 0.3 is 0 Å². The van der Waals surface area contributed by atoms with E-state index in [1.807, 2.05) is 0 Å². The first-order valence-electron chi connectivity index (χ1n) is 18.3. The van der Waals surface area contributed by atoms with Gasteiger partial charge in [0.2, 0.25) is 0 Å². The number of benzene rings is 3. The zero-order valence-electron chi connectivity index (χ0n) is 25.8. The third-order valence-corrected chi connectivity index (χ3v) is 15.9. The molecule has 1 aromatic heterocycles. The van der Waals surface area contributed by atoms with Crippen LogP contribution >= 0.6 is 11.3 Å². The second-order valence-electron chi connectivity index (χ2n) is 16.0. The average molecular weight is 585 g/mol. The van der Waals surface area contributed by atoms with E-state index in [1.54, 1.807) is 55.2 Å². The summed E-state index contributed by atoms with van der Waals surface area (Å²) < 4.78 is 3.11. The van der Waals surface area contributed by atoms with Crippen molar-refractivity contribution in [2.45, 2.75) is 89.4 Å². The highest BCUT2D eigenvalue weighted by atomic mass is 32.1. The molecule has 0 bridgehead atoms. The molecule has 0 nitrogen and oxygen atoms in total. The highest BCUT2D eigenvalue weighted by molar-refractivity contribution is 7.26. The Morgan fingerprint density at radius 2 is 0.977 bits per heavy atom. The van der Waals surface area contributed by atoms with E-state index in [-0.39, 0.29) is 0 Å². The molecular formula is C42H48S. The van der Waals surface area contributed by atoms with Gasteiger partial charge < -0.3 is 0 Å². The molecule has 6 saturated carbocycles. The van der Waals surface area contributed by atoms with E-state index in [2.05, 4.69) is 78.1 Å². The Hall–Kier alpha value is -2.12. The molecule has 0 amide bonds. The molecule has 3 aromatic carbocycles. The van der Waals surface area contributed by atoms with Crippen molar-refractivity contribution >= 4 is 31.5 Å². The lowest BCUT2D eigenvalue weighted by Gasteiger charge is -2.68. The van der Waals surface area contributed by atoms with Crippen molar-refractivity contribution in [2.24, 2.45) is 59.2 Å². The van der Waals surface area contributed by atoms with Crippen LogP contribution in [0.5, 0.6) is 0 Å². The molecule has 0 N–H and O–H groups in total. The van der Waals surface area contributed by atoms with Crippen molar-refractivity contribution in [3.63, 3.8) is 0 Å². The fraction of sp³-hybridized carbons (Fsp3) is 0.571. The van der Waals surface area contributed by atoms with Gasteiger partial charge in [0.1, 0.15) is 0 Å². The topological polar surface area (TPSA) is 0 Å². The van der Waals surface area contributed by atoms with Gasteiger partial charge in [0.25, 0.3) is 0 Å². The molecule has 0 radical (unpaired) electrons. The van der Waals surface area contributed by atoms with Crippen molar-refractivity contribution in [3.8, 4) is 11.1 Å².